The summed E-state index contributed by atoms with van der Waals surface area (Å²) in [7, 11) is 0. The summed E-state index contributed by atoms with van der Waals surface area (Å²) in [6.45, 7) is 0. The van der Waals surface area contributed by atoms with Gasteiger partial charge >= 0.3 is 73.9 Å². The molecule has 0 nitrogen and oxygen atoms in total. The van der Waals surface area contributed by atoms with Crippen LogP contribution in [0.1, 0.15) is 0 Å². The van der Waals surface area contributed by atoms with Crippen LogP contribution in [0.2, 0.25) is 0 Å². The predicted molar refractivity (Wildman–Crippen MR) is 41.4 cm³/mol. The summed E-state index contributed by atoms with van der Waals surface area (Å²) in [4.78, 5) is 3.07. The van der Waals surface area contributed by atoms with E-state index in [2.05, 4.69) is 20.9 Å². The minimum absolute atomic E-state index is 0. The molecule has 0 saturated carbocycles. The topological polar surface area (TPSA) is 0 Å². The van der Waals surface area contributed by atoms with Crippen molar-refractivity contribution in [2.75, 3.05) is 0 Å². The summed E-state index contributed by atoms with van der Waals surface area (Å²) in [5.74, 6) is 0. The second kappa shape index (κ2) is 6.43. The van der Waals surface area contributed by atoms with Crippen LogP contribution in [0.25, 0.3) is 0 Å². The van der Waals surface area contributed by atoms with Crippen molar-refractivity contribution in [3.05, 3.63) is 20.4 Å². The number of halogens is 1. The predicted octanol–water partition coefficient (Wildman–Crippen LogP) is 0.545. The van der Waals surface area contributed by atoms with Crippen LogP contribution in [0.3, 0.4) is 0 Å². The first-order valence-electron chi connectivity index (χ1n) is 1.51. The molecule has 1 rings (SSSR count). The Balaban J connectivity index is 0. The monoisotopic (exact) mass is 244 g/mol. The van der Waals surface area contributed by atoms with Gasteiger partial charge in [0.25, 0.3) is 0 Å². The van der Waals surface area contributed by atoms with E-state index in [1.54, 1.807) is 0 Å². The van der Waals surface area contributed by atoms with Crippen LogP contribution >= 0.6 is 15.9 Å². The summed E-state index contributed by atoms with van der Waals surface area (Å²) >= 11 is 3.83. The van der Waals surface area contributed by atoms with Crippen LogP contribution in [0.4, 0.5) is 0 Å². The van der Waals surface area contributed by atoms with E-state index >= 15 is 0 Å². The van der Waals surface area contributed by atoms with Gasteiger partial charge in [-0.3, -0.25) is 0 Å². The molecule has 0 N–H and O–H groups in total. The zero-order valence-corrected chi connectivity index (χ0v) is 8.94. The number of hydrogen-bond donors (Lipinski definition) is 0. The fourth-order valence-electron chi connectivity index (χ4n) is 0.224. The molecule has 0 fully saturated rings. The Hall–Kier alpha value is 1.31. The van der Waals surface area contributed by atoms with Gasteiger partial charge < -0.3 is 8.41 Å². The normalized spacial score (nSPS) is 6.62. The summed E-state index contributed by atoms with van der Waals surface area (Å²) in [6.07, 6.45) is 0. The molecule has 0 spiro atoms. The third-order valence-corrected chi connectivity index (χ3v) is 2.77. The van der Waals surface area contributed by atoms with Crippen molar-refractivity contribution in [2.24, 2.45) is 0 Å². The van der Waals surface area contributed by atoms with Crippen LogP contribution < -0.4 is 0 Å². The standard InChI is InChI=1S/C4H2BrSe.B.Mg/c5-4-2-1-3-6-4;;/h1-2H;;/q2*-1;+2. The van der Waals surface area contributed by atoms with Gasteiger partial charge in [-0.1, -0.05) is 0 Å². The Morgan fingerprint density at radius 2 is 2.25 bits per heavy atom. The Morgan fingerprint density at radius 1 is 1.62 bits per heavy atom. The first kappa shape index (κ1) is 12.0. The van der Waals surface area contributed by atoms with Gasteiger partial charge in [-0.2, -0.15) is 0 Å². The third-order valence-electron chi connectivity index (χ3n) is 0.439. The van der Waals surface area contributed by atoms with E-state index in [0.717, 1.165) is 0 Å². The summed E-state index contributed by atoms with van der Waals surface area (Å²) in [6, 6.07) is 3.98. The van der Waals surface area contributed by atoms with Crippen molar-refractivity contribution >= 4 is 61.9 Å². The molecule has 0 amide bonds. The van der Waals surface area contributed by atoms with Gasteiger partial charge in [0.1, 0.15) is 0 Å². The first-order chi connectivity index (χ1) is 2.89. The van der Waals surface area contributed by atoms with Gasteiger partial charge in [0, 0.05) is 0 Å². The minimum Gasteiger partial charge on any atom is -1.00 e. The van der Waals surface area contributed by atoms with Crippen LogP contribution in [-0.2, 0) is 0 Å². The maximum Gasteiger partial charge on any atom is 2.00 e. The second-order valence-corrected chi connectivity index (χ2v) is 4.74. The van der Waals surface area contributed by atoms with Crippen LogP contribution in [0.15, 0.2) is 15.5 Å². The molecule has 0 unspecified atom stereocenters. The van der Waals surface area contributed by atoms with Crippen molar-refractivity contribution < 1.29 is 0 Å². The van der Waals surface area contributed by atoms with E-state index in [-0.39, 0.29) is 31.5 Å². The average molecular weight is 244 g/mol. The Morgan fingerprint density at radius 3 is 2.38 bits per heavy atom. The maximum atomic E-state index is 3.33. The molecule has 0 atom stereocenters. The Bertz CT molecular complexity index is 120. The molecule has 0 aliphatic carbocycles. The van der Waals surface area contributed by atoms with Crippen molar-refractivity contribution in [3.8, 4) is 0 Å². The van der Waals surface area contributed by atoms with Gasteiger partial charge in [-0.05, 0) is 0 Å². The summed E-state index contributed by atoms with van der Waals surface area (Å²) in [5, 5.41) is 0. The zero-order chi connectivity index (χ0) is 4.41. The van der Waals surface area contributed by atoms with Gasteiger partial charge in [0.15, 0.2) is 0 Å². The van der Waals surface area contributed by atoms with E-state index < -0.39 is 0 Å². The van der Waals surface area contributed by atoms with E-state index in [9.17, 15) is 0 Å². The van der Waals surface area contributed by atoms with Gasteiger partial charge in [0.05, 0.1) is 0 Å². The van der Waals surface area contributed by atoms with E-state index in [0.29, 0.717) is 14.5 Å². The van der Waals surface area contributed by atoms with Crippen molar-refractivity contribution in [1.29, 1.82) is 0 Å². The second-order valence-electron chi connectivity index (χ2n) is 0.857. The fourth-order valence-corrected chi connectivity index (χ4v) is 1.65. The molecule has 1 aromatic rings. The van der Waals surface area contributed by atoms with Gasteiger partial charge in [-0.25, -0.2) is 0 Å². The minimum atomic E-state index is 0. The molecule has 1 heterocycles. The van der Waals surface area contributed by atoms with Crippen molar-refractivity contribution in [1.82, 2.24) is 0 Å². The SMILES string of the molecule is Brc1cc[c-][se]1.[B-].[Mg+2]. The van der Waals surface area contributed by atoms with Crippen LogP contribution in [0, 0.1) is 4.94 Å². The molecule has 0 aliphatic heterocycles. The van der Waals surface area contributed by atoms with Crippen LogP contribution in [-0.4, -0.2) is 46.0 Å². The molecule has 0 saturated heterocycles. The molecular formula is C4H2BBrMgSe. The zero-order valence-electron chi connectivity index (χ0n) is 4.23. The first-order valence-corrected chi connectivity index (χ1v) is 4.01. The smallest absolute Gasteiger partial charge is 1.00 e. The van der Waals surface area contributed by atoms with Crippen molar-refractivity contribution in [2.45, 2.75) is 0 Å². The Labute approximate surface area is 81.6 Å². The quantitative estimate of drug-likeness (QED) is 0.461. The van der Waals surface area contributed by atoms with Gasteiger partial charge in [0.2, 0.25) is 0 Å². The molecule has 1 aromatic heterocycles. The molecular weight excluding hydrogens is 242 g/mol. The van der Waals surface area contributed by atoms with E-state index in [1.165, 1.54) is 3.35 Å². The third kappa shape index (κ3) is 4.22. The molecule has 4 heteroatoms. The number of rotatable bonds is 0. The molecule has 0 aliphatic rings. The maximum absolute atomic E-state index is 3.33. The van der Waals surface area contributed by atoms with Crippen LogP contribution in [0.5, 0.6) is 0 Å². The summed E-state index contributed by atoms with van der Waals surface area (Å²) in [5.41, 5.74) is 0. The molecule has 8 heavy (non-hydrogen) atoms. The Kier molecular flexibility index (Phi) is 9.67. The van der Waals surface area contributed by atoms with Gasteiger partial charge in [-0.15, -0.1) is 0 Å². The number of hydrogen-bond acceptors (Lipinski definition) is 0. The largest absolute Gasteiger partial charge is 2.00 e. The van der Waals surface area contributed by atoms with E-state index in [1.807, 2.05) is 12.1 Å². The molecule has 36 valence electrons. The average Bonchev–Trinajstić information content (AvgIpc) is 1.86. The molecule has 0 bridgehead atoms. The molecule has 4 radical (unpaired) electrons. The summed E-state index contributed by atoms with van der Waals surface area (Å²) < 4.78 is 1.29. The van der Waals surface area contributed by atoms with E-state index in [4.69, 9.17) is 0 Å². The molecule has 0 aromatic carbocycles. The fraction of sp³-hybridized carbons (Fsp3) is 0. The van der Waals surface area contributed by atoms with Crippen molar-refractivity contribution in [3.63, 3.8) is 0 Å².